The van der Waals surface area contributed by atoms with Crippen LogP contribution in [0, 0.1) is 0 Å². The van der Waals surface area contributed by atoms with Crippen LogP contribution >= 0.6 is 11.3 Å². The fourth-order valence-electron chi connectivity index (χ4n) is 1.51. The first-order chi connectivity index (χ1) is 8.70. The highest BCUT2D eigenvalue weighted by Crippen LogP contribution is 2.30. The minimum absolute atomic E-state index is 0.134. The summed E-state index contributed by atoms with van der Waals surface area (Å²) in [5, 5.41) is 9.86. The van der Waals surface area contributed by atoms with Crippen LogP contribution in [-0.2, 0) is 0 Å². The molecule has 7 heteroatoms. The minimum atomic E-state index is -0.134. The van der Waals surface area contributed by atoms with Gasteiger partial charge in [0.2, 0.25) is 0 Å². The van der Waals surface area contributed by atoms with E-state index in [0.29, 0.717) is 23.3 Å². The second-order valence-electron chi connectivity index (χ2n) is 4.37. The molecule has 0 aromatic carbocycles. The van der Waals surface area contributed by atoms with Crippen molar-refractivity contribution in [1.82, 2.24) is 15.6 Å². The Balaban J connectivity index is 1.86. The second kappa shape index (κ2) is 6.01. The fourth-order valence-corrected chi connectivity index (χ4v) is 2.38. The Morgan fingerprint density at radius 3 is 2.94 bits per heavy atom. The number of carbonyl (C=O) groups excluding carboxylic acids is 1. The van der Waals surface area contributed by atoms with Gasteiger partial charge in [-0.15, -0.1) is 0 Å². The Morgan fingerprint density at radius 2 is 2.28 bits per heavy atom. The van der Waals surface area contributed by atoms with Crippen LogP contribution in [0.2, 0.25) is 0 Å². The molecule has 18 heavy (non-hydrogen) atoms. The topological polar surface area (TPSA) is 92.1 Å². The number of rotatable bonds is 7. The molecule has 0 atom stereocenters. The van der Waals surface area contributed by atoms with Gasteiger partial charge in [0.25, 0.3) is 5.91 Å². The lowest BCUT2D eigenvalue weighted by atomic mass is 10.4. The Kier molecular flexibility index (Phi) is 4.38. The summed E-state index contributed by atoms with van der Waals surface area (Å²) in [6, 6.07) is 0.516. The molecule has 0 unspecified atom stereocenters. The van der Waals surface area contributed by atoms with Crippen molar-refractivity contribution in [1.29, 1.82) is 0 Å². The van der Waals surface area contributed by atoms with Gasteiger partial charge >= 0.3 is 0 Å². The van der Waals surface area contributed by atoms with Crippen molar-refractivity contribution in [3.63, 3.8) is 0 Å². The summed E-state index contributed by atoms with van der Waals surface area (Å²) >= 11 is 1.32. The molecule has 6 nitrogen and oxygen atoms in total. The summed E-state index contributed by atoms with van der Waals surface area (Å²) < 4.78 is 0. The van der Waals surface area contributed by atoms with Crippen LogP contribution in [0.3, 0.4) is 0 Å². The number of thiazole rings is 1. The highest BCUT2D eigenvalue weighted by atomic mass is 32.1. The van der Waals surface area contributed by atoms with E-state index in [1.807, 2.05) is 7.05 Å². The molecule has 0 saturated heterocycles. The molecule has 5 N–H and O–H groups in total. The third kappa shape index (κ3) is 3.58. The smallest absolute Gasteiger partial charge is 0.265 e. The Hall–Kier alpha value is -1.34. The summed E-state index contributed by atoms with van der Waals surface area (Å²) in [6.45, 7) is 1.52. The molecule has 0 bridgehead atoms. The monoisotopic (exact) mass is 269 g/mol. The van der Waals surface area contributed by atoms with E-state index in [1.165, 1.54) is 24.2 Å². The highest BCUT2D eigenvalue weighted by Gasteiger charge is 2.24. The maximum Gasteiger partial charge on any atom is 0.265 e. The van der Waals surface area contributed by atoms with Crippen molar-refractivity contribution in [3.8, 4) is 0 Å². The molecule has 0 radical (unpaired) electrons. The average Bonchev–Trinajstić information content (AvgIpc) is 3.07. The maximum atomic E-state index is 11.9. The summed E-state index contributed by atoms with van der Waals surface area (Å²) in [7, 11) is 1.89. The lowest BCUT2D eigenvalue weighted by Crippen LogP contribution is -2.26. The molecule has 0 spiro atoms. The number of amides is 1. The van der Waals surface area contributed by atoms with E-state index in [1.54, 1.807) is 0 Å². The minimum Gasteiger partial charge on any atom is -0.382 e. The van der Waals surface area contributed by atoms with Crippen molar-refractivity contribution >= 4 is 28.2 Å². The van der Waals surface area contributed by atoms with E-state index in [2.05, 4.69) is 20.9 Å². The summed E-state index contributed by atoms with van der Waals surface area (Å²) in [5.41, 5.74) is 5.75. The SMILES string of the molecule is CNCCCNC(=O)c1sc(NC2CC2)nc1N. The summed E-state index contributed by atoms with van der Waals surface area (Å²) in [4.78, 5) is 16.5. The molecule has 1 aliphatic carbocycles. The van der Waals surface area contributed by atoms with Crippen molar-refractivity contribution in [2.24, 2.45) is 0 Å². The van der Waals surface area contributed by atoms with E-state index in [-0.39, 0.29) is 5.91 Å². The first-order valence-corrected chi connectivity index (χ1v) is 6.98. The van der Waals surface area contributed by atoms with Crippen LogP contribution in [-0.4, -0.2) is 37.1 Å². The maximum absolute atomic E-state index is 11.9. The number of nitrogens with one attached hydrogen (secondary N) is 3. The zero-order valence-electron chi connectivity index (χ0n) is 10.5. The van der Waals surface area contributed by atoms with E-state index in [4.69, 9.17) is 5.73 Å². The molecule has 0 aliphatic heterocycles. The van der Waals surface area contributed by atoms with Crippen molar-refractivity contribution in [3.05, 3.63) is 4.88 Å². The van der Waals surface area contributed by atoms with Gasteiger partial charge in [-0.25, -0.2) is 4.98 Å². The zero-order chi connectivity index (χ0) is 13.0. The van der Waals surface area contributed by atoms with Crippen molar-refractivity contribution < 1.29 is 4.79 Å². The largest absolute Gasteiger partial charge is 0.382 e. The molecule has 2 rings (SSSR count). The Labute approximate surface area is 110 Å². The van der Waals surface area contributed by atoms with Crippen LogP contribution < -0.4 is 21.7 Å². The van der Waals surface area contributed by atoms with Gasteiger partial charge in [-0.2, -0.15) is 0 Å². The van der Waals surface area contributed by atoms with E-state index >= 15 is 0 Å². The van der Waals surface area contributed by atoms with E-state index in [9.17, 15) is 4.79 Å². The normalized spacial score (nSPS) is 14.5. The first kappa shape index (κ1) is 13.1. The van der Waals surface area contributed by atoms with Crippen molar-refractivity contribution in [2.75, 3.05) is 31.2 Å². The van der Waals surface area contributed by atoms with Gasteiger partial charge in [0.1, 0.15) is 10.7 Å². The molecule has 1 fully saturated rings. The zero-order valence-corrected chi connectivity index (χ0v) is 11.3. The van der Waals surface area contributed by atoms with Crippen molar-refractivity contribution in [2.45, 2.75) is 25.3 Å². The third-order valence-corrected chi connectivity index (χ3v) is 3.65. The predicted octanol–water partition coefficient (Wildman–Crippen LogP) is 0.639. The number of hydrogen-bond acceptors (Lipinski definition) is 6. The lowest BCUT2D eigenvalue weighted by Gasteiger charge is -2.03. The lowest BCUT2D eigenvalue weighted by molar-refractivity contribution is 0.0958. The number of nitrogen functional groups attached to an aromatic ring is 1. The van der Waals surface area contributed by atoms with Gasteiger partial charge in [0.05, 0.1) is 0 Å². The van der Waals surface area contributed by atoms with Crippen LogP contribution in [0.1, 0.15) is 28.9 Å². The molecular weight excluding hydrogens is 250 g/mol. The molecule has 1 saturated carbocycles. The molecule has 1 aliphatic rings. The Bertz CT molecular complexity index is 416. The van der Waals surface area contributed by atoms with Gasteiger partial charge in [0.15, 0.2) is 5.13 Å². The van der Waals surface area contributed by atoms with Crippen LogP contribution in [0.15, 0.2) is 0 Å². The number of anilines is 2. The molecule has 1 heterocycles. The van der Waals surface area contributed by atoms with Gasteiger partial charge in [-0.05, 0) is 32.9 Å². The summed E-state index contributed by atoms with van der Waals surface area (Å²) in [6.07, 6.45) is 3.24. The van der Waals surface area contributed by atoms with Crippen LogP contribution in [0.5, 0.6) is 0 Å². The molecule has 1 aromatic heterocycles. The third-order valence-electron chi connectivity index (χ3n) is 2.65. The molecule has 1 aromatic rings. The molecular formula is C11H19N5OS. The number of nitrogens with zero attached hydrogens (tertiary/aromatic N) is 1. The second-order valence-corrected chi connectivity index (χ2v) is 5.36. The number of aromatic nitrogens is 1. The fraction of sp³-hybridized carbons (Fsp3) is 0.636. The van der Waals surface area contributed by atoms with Crippen LogP contribution in [0.4, 0.5) is 10.9 Å². The van der Waals surface area contributed by atoms with Gasteiger partial charge in [-0.1, -0.05) is 11.3 Å². The summed E-state index contributed by atoms with van der Waals surface area (Å²) in [5.74, 6) is 0.180. The quantitative estimate of drug-likeness (QED) is 0.545. The predicted molar refractivity (Wildman–Crippen MR) is 74.0 cm³/mol. The van der Waals surface area contributed by atoms with E-state index in [0.717, 1.165) is 18.1 Å². The number of hydrogen-bond donors (Lipinski definition) is 4. The standard InChI is InChI=1S/C11H19N5OS/c1-13-5-2-6-14-10(17)8-9(12)16-11(18-8)15-7-3-4-7/h7,13H,2-6,12H2,1H3,(H,14,17)(H,15,16). The molecule has 1 amide bonds. The first-order valence-electron chi connectivity index (χ1n) is 6.16. The molecule has 100 valence electrons. The van der Waals surface area contributed by atoms with E-state index < -0.39 is 0 Å². The van der Waals surface area contributed by atoms with Gasteiger partial charge in [0, 0.05) is 12.6 Å². The van der Waals surface area contributed by atoms with Crippen LogP contribution in [0.25, 0.3) is 0 Å². The number of nitrogens with two attached hydrogens (primary N) is 1. The Morgan fingerprint density at radius 1 is 1.50 bits per heavy atom. The van der Waals surface area contributed by atoms with Gasteiger partial charge < -0.3 is 21.7 Å². The highest BCUT2D eigenvalue weighted by molar-refractivity contribution is 7.18. The average molecular weight is 269 g/mol. The number of carbonyl (C=O) groups is 1. The van der Waals surface area contributed by atoms with Gasteiger partial charge in [-0.3, -0.25) is 4.79 Å².